The number of hydrogen-bond acceptors (Lipinski definition) is 9. The van der Waals surface area contributed by atoms with Crippen LogP contribution in [-0.4, -0.2) is 125 Å². The largest absolute Gasteiger partial charge is 0.483 e. The van der Waals surface area contributed by atoms with Crippen molar-refractivity contribution in [1.29, 1.82) is 0 Å². The maximum atomic E-state index is 13.5. The molecule has 3 N–H and O–H groups in total. The Morgan fingerprint density at radius 3 is 2.36 bits per heavy atom. The first-order valence-electron chi connectivity index (χ1n) is 15.9. The molecule has 5 amide bonds. The molecule has 3 aliphatic rings. The van der Waals surface area contributed by atoms with E-state index in [4.69, 9.17) is 9.47 Å². The number of likely N-dealkylation sites (tertiary alicyclic amines) is 1. The monoisotopic (exact) mass is 652 g/mol. The Balaban J connectivity index is 1.26. The first kappa shape index (κ1) is 33.4. The number of carboxylic acids is 1. The van der Waals surface area contributed by atoms with Gasteiger partial charge in [-0.05, 0) is 50.8 Å². The van der Waals surface area contributed by atoms with E-state index < -0.39 is 29.9 Å². The third-order valence-electron chi connectivity index (χ3n) is 8.41. The molecular weight excluding hydrogens is 612 g/mol. The molecule has 1 atom stereocenters. The summed E-state index contributed by atoms with van der Waals surface area (Å²) in [7, 11) is 0. The van der Waals surface area contributed by atoms with Gasteiger partial charge in [-0.2, -0.15) is 0 Å². The maximum absolute atomic E-state index is 13.5. The van der Waals surface area contributed by atoms with E-state index in [-0.39, 0.29) is 87.5 Å². The molecule has 3 heterocycles. The van der Waals surface area contributed by atoms with Crippen LogP contribution in [0.2, 0.25) is 0 Å². The van der Waals surface area contributed by atoms with Crippen LogP contribution in [0, 0.1) is 12.8 Å². The number of fused-ring (bicyclic) bond motifs is 1. The van der Waals surface area contributed by atoms with Gasteiger partial charge >= 0.3 is 12.1 Å². The summed E-state index contributed by atoms with van der Waals surface area (Å²) >= 11 is 0. The molecule has 3 fully saturated rings. The molecule has 0 radical (unpaired) electrons. The van der Waals surface area contributed by atoms with Crippen LogP contribution in [0.5, 0.6) is 5.75 Å². The van der Waals surface area contributed by atoms with Crippen molar-refractivity contribution in [3.63, 3.8) is 0 Å². The van der Waals surface area contributed by atoms with Crippen molar-refractivity contribution in [2.75, 3.05) is 52.5 Å². The maximum Gasteiger partial charge on any atom is 0.409 e. The van der Waals surface area contributed by atoms with Crippen LogP contribution in [0.1, 0.15) is 48.7 Å². The highest BCUT2D eigenvalue weighted by atomic mass is 16.6. The molecule has 5 rings (SSSR count). The molecule has 0 spiro atoms. The SMILES string of the molecule is CCOC(=O)N1CCN(C(=O)C(CCC(=O)O)NC(=O)c2cc(OCC(=O)N3CC(C(=O)NC4CC4)C3)c3ccc(C)cc3n2)CC1. The summed E-state index contributed by atoms with van der Waals surface area (Å²) < 4.78 is 10.9. The minimum Gasteiger partial charge on any atom is -0.483 e. The lowest BCUT2D eigenvalue weighted by Crippen LogP contribution is -2.57. The molecule has 252 valence electrons. The van der Waals surface area contributed by atoms with Gasteiger partial charge in [0.1, 0.15) is 17.5 Å². The number of ether oxygens (including phenoxy) is 2. The number of aryl methyl sites for hydroxylation is 1. The van der Waals surface area contributed by atoms with Crippen LogP contribution in [0.25, 0.3) is 10.9 Å². The Labute approximate surface area is 271 Å². The summed E-state index contributed by atoms with van der Waals surface area (Å²) in [6.45, 7) is 4.96. The van der Waals surface area contributed by atoms with E-state index in [1.54, 1.807) is 24.0 Å². The minimum absolute atomic E-state index is 0.0392. The molecule has 2 saturated heterocycles. The number of nitrogens with zero attached hydrogens (tertiary/aromatic N) is 4. The third kappa shape index (κ3) is 8.45. The Bertz CT molecular complexity index is 1550. The molecule has 1 aromatic heterocycles. The number of piperazine rings is 1. The average Bonchev–Trinajstić information content (AvgIpc) is 3.84. The molecule has 47 heavy (non-hydrogen) atoms. The lowest BCUT2D eigenvalue weighted by atomic mass is 9.99. The summed E-state index contributed by atoms with van der Waals surface area (Å²) in [4.78, 5) is 84.5. The van der Waals surface area contributed by atoms with Crippen LogP contribution in [-0.2, 0) is 23.9 Å². The number of carbonyl (C=O) groups is 6. The van der Waals surface area contributed by atoms with E-state index in [0.29, 0.717) is 24.0 Å². The summed E-state index contributed by atoms with van der Waals surface area (Å²) in [5, 5.41) is 15.5. The van der Waals surface area contributed by atoms with Crippen LogP contribution in [0.3, 0.4) is 0 Å². The number of amides is 5. The topological polar surface area (TPSA) is 188 Å². The highest BCUT2D eigenvalue weighted by Crippen LogP contribution is 2.28. The number of aliphatic carboxylic acids is 1. The fourth-order valence-corrected chi connectivity index (χ4v) is 5.47. The summed E-state index contributed by atoms with van der Waals surface area (Å²) in [5.74, 6) is -2.65. The van der Waals surface area contributed by atoms with Crippen molar-refractivity contribution in [3.05, 3.63) is 35.5 Å². The highest BCUT2D eigenvalue weighted by Gasteiger charge is 2.38. The van der Waals surface area contributed by atoms with Gasteiger partial charge in [-0.1, -0.05) is 6.07 Å². The Morgan fingerprint density at radius 1 is 1.00 bits per heavy atom. The molecule has 1 unspecified atom stereocenters. The van der Waals surface area contributed by atoms with Crippen LogP contribution >= 0.6 is 0 Å². The lowest BCUT2D eigenvalue weighted by Gasteiger charge is -2.38. The Kier molecular flexibility index (Phi) is 10.4. The van der Waals surface area contributed by atoms with E-state index in [1.165, 1.54) is 15.9 Å². The zero-order chi connectivity index (χ0) is 33.7. The van der Waals surface area contributed by atoms with Crippen LogP contribution in [0.4, 0.5) is 4.79 Å². The first-order valence-corrected chi connectivity index (χ1v) is 15.9. The normalized spacial score (nSPS) is 17.0. The summed E-state index contributed by atoms with van der Waals surface area (Å²) in [6.07, 6.45) is 0.989. The second-order valence-corrected chi connectivity index (χ2v) is 12.1. The second-order valence-electron chi connectivity index (χ2n) is 12.1. The van der Waals surface area contributed by atoms with E-state index in [2.05, 4.69) is 15.6 Å². The predicted octanol–water partition coefficient (Wildman–Crippen LogP) is 0.923. The van der Waals surface area contributed by atoms with Gasteiger partial charge in [0.15, 0.2) is 6.61 Å². The summed E-state index contributed by atoms with van der Waals surface area (Å²) in [6, 6.07) is 5.86. The number of aromatic nitrogens is 1. The quantitative estimate of drug-likeness (QED) is 0.298. The minimum atomic E-state index is -1.16. The Hall–Kier alpha value is -4.95. The third-order valence-corrected chi connectivity index (χ3v) is 8.41. The number of rotatable bonds is 12. The van der Waals surface area contributed by atoms with Crippen LogP contribution in [0.15, 0.2) is 24.3 Å². The molecule has 2 aromatic rings. The summed E-state index contributed by atoms with van der Waals surface area (Å²) in [5.41, 5.74) is 1.23. The number of carbonyl (C=O) groups excluding carboxylic acids is 5. The molecule has 15 nitrogen and oxygen atoms in total. The molecule has 1 aliphatic carbocycles. The van der Waals surface area contributed by atoms with E-state index in [0.717, 1.165) is 18.4 Å². The number of pyridine rings is 1. The van der Waals surface area contributed by atoms with Crippen LogP contribution < -0.4 is 15.4 Å². The van der Waals surface area contributed by atoms with Gasteiger partial charge in [-0.15, -0.1) is 0 Å². The zero-order valence-corrected chi connectivity index (χ0v) is 26.5. The van der Waals surface area contributed by atoms with Gasteiger partial charge in [0.25, 0.3) is 11.8 Å². The lowest BCUT2D eigenvalue weighted by molar-refractivity contribution is -0.145. The average molecular weight is 653 g/mol. The molecule has 15 heteroatoms. The molecule has 0 bridgehead atoms. The standard InChI is InChI=1S/C32H40N6O9/c1-3-46-32(45)37-12-10-36(11-13-37)31(44)23(8-9-28(40)41)35-30(43)25-15-26(22-7-4-19(2)14-24(22)34-25)47-18-27(39)38-16-20(17-38)29(42)33-21-5-6-21/h4,7,14-15,20-21,23H,3,5-6,8-13,16-18H2,1-2H3,(H,33,42)(H,35,43)(H,40,41). The Morgan fingerprint density at radius 2 is 1.70 bits per heavy atom. The van der Waals surface area contributed by atoms with Gasteiger partial charge in [0.05, 0.1) is 18.0 Å². The van der Waals surface area contributed by atoms with Crippen molar-refractivity contribution in [2.24, 2.45) is 5.92 Å². The number of benzene rings is 1. The fourth-order valence-electron chi connectivity index (χ4n) is 5.47. The van der Waals surface area contributed by atoms with Gasteiger partial charge in [-0.3, -0.25) is 24.0 Å². The van der Waals surface area contributed by atoms with Gasteiger partial charge in [0, 0.05) is 63.2 Å². The first-order chi connectivity index (χ1) is 22.5. The zero-order valence-electron chi connectivity index (χ0n) is 26.5. The van der Waals surface area contributed by atoms with Gasteiger partial charge in [0.2, 0.25) is 11.8 Å². The number of carboxylic acid groups (broad SMARTS) is 1. The predicted molar refractivity (Wildman–Crippen MR) is 167 cm³/mol. The molecule has 1 saturated carbocycles. The van der Waals surface area contributed by atoms with Crippen molar-refractivity contribution in [2.45, 2.75) is 51.6 Å². The molecular formula is C32H40N6O9. The second kappa shape index (κ2) is 14.6. The highest BCUT2D eigenvalue weighted by molar-refractivity contribution is 5.99. The van der Waals surface area contributed by atoms with E-state index in [9.17, 15) is 33.9 Å². The number of nitrogens with one attached hydrogen (secondary N) is 2. The molecule has 2 aliphatic heterocycles. The smallest absolute Gasteiger partial charge is 0.409 e. The van der Waals surface area contributed by atoms with Gasteiger partial charge < -0.3 is 39.9 Å². The molecule has 1 aromatic carbocycles. The van der Waals surface area contributed by atoms with Crippen molar-refractivity contribution in [1.82, 2.24) is 30.3 Å². The number of hydrogen-bond donors (Lipinski definition) is 3. The fraction of sp³-hybridized carbons (Fsp3) is 0.531. The van der Waals surface area contributed by atoms with Gasteiger partial charge in [-0.25, -0.2) is 9.78 Å². The van der Waals surface area contributed by atoms with Crippen molar-refractivity contribution < 1.29 is 43.3 Å². The van der Waals surface area contributed by atoms with Crippen molar-refractivity contribution in [3.8, 4) is 5.75 Å². The van der Waals surface area contributed by atoms with E-state index in [1.807, 2.05) is 13.0 Å². The van der Waals surface area contributed by atoms with Crippen molar-refractivity contribution >= 4 is 46.6 Å². The van der Waals surface area contributed by atoms with E-state index >= 15 is 0 Å².